The highest BCUT2D eigenvalue weighted by atomic mass is 35.5. The highest BCUT2D eigenvalue weighted by Gasteiger charge is 2.26. The Labute approximate surface area is 242 Å². The Kier molecular flexibility index (Phi) is 9.24. The molecular formula is C31H29ClN2O5S. The lowest BCUT2D eigenvalue weighted by atomic mass is 10.0. The van der Waals surface area contributed by atoms with E-state index in [1.54, 1.807) is 50.2 Å². The number of hydrogen-bond donors (Lipinski definition) is 2. The van der Waals surface area contributed by atoms with Crippen LogP contribution in [0.25, 0.3) is 11.1 Å². The second-order valence-corrected chi connectivity index (χ2v) is 10.7. The molecule has 0 radical (unpaired) electrons. The molecule has 4 aromatic rings. The van der Waals surface area contributed by atoms with Gasteiger partial charge in [0.05, 0.1) is 6.61 Å². The molecule has 0 aliphatic rings. The maximum atomic E-state index is 13.1. The van der Waals surface area contributed by atoms with E-state index in [0.29, 0.717) is 32.6 Å². The van der Waals surface area contributed by atoms with Gasteiger partial charge in [-0.3, -0.25) is 9.59 Å². The molecule has 9 heteroatoms. The van der Waals surface area contributed by atoms with Gasteiger partial charge in [0.15, 0.2) is 6.10 Å². The summed E-state index contributed by atoms with van der Waals surface area (Å²) in [7, 11) is 0. The lowest BCUT2D eigenvalue weighted by Gasteiger charge is -2.16. The predicted molar refractivity (Wildman–Crippen MR) is 160 cm³/mol. The van der Waals surface area contributed by atoms with E-state index in [1.807, 2.05) is 50.2 Å². The largest absolute Gasteiger partial charge is 0.481 e. The number of thiophene rings is 1. The number of hydrogen-bond acceptors (Lipinski definition) is 6. The van der Waals surface area contributed by atoms with Gasteiger partial charge in [-0.25, -0.2) is 4.79 Å². The van der Waals surface area contributed by atoms with Crippen LogP contribution in [0, 0.1) is 13.8 Å². The smallest absolute Gasteiger partial charge is 0.341 e. The highest BCUT2D eigenvalue weighted by molar-refractivity contribution is 7.17. The van der Waals surface area contributed by atoms with Crippen molar-refractivity contribution in [3.05, 3.63) is 99.4 Å². The van der Waals surface area contributed by atoms with Crippen molar-refractivity contribution in [2.45, 2.75) is 33.8 Å². The van der Waals surface area contributed by atoms with E-state index < -0.39 is 12.1 Å². The van der Waals surface area contributed by atoms with Crippen LogP contribution in [0.3, 0.4) is 0 Å². The fourth-order valence-electron chi connectivity index (χ4n) is 4.06. The zero-order chi connectivity index (χ0) is 28.8. The van der Waals surface area contributed by atoms with Crippen LogP contribution in [-0.4, -0.2) is 30.5 Å². The molecule has 2 N–H and O–H groups in total. The van der Waals surface area contributed by atoms with Gasteiger partial charge in [-0.1, -0.05) is 48.0 Å². The van der Waals surface area contributed by atoms with Crippen LogP contribution in [0.5, 0.6) is 5.75 Å². The molecular weight excluding hydrogens is 548 g/mol. The molecule has 0 fully saturated rings. The fraction of sp³-hybridized carbons (Fsp3) is 0.194. The summed E-state index contributed by atoms with van der Waals surface area (Å²) in [6.07, 6.45) is -0.796. The number of amides is 2. The lowest BCUT2D eigenvalue weighted by molar-refractivity contribution is -0.122. The Morgan fingerprint density at radius 1 is 0.950 bits per heavy atom. The molecule has 0 aliphatic carbocycles. The standard InChI is InChI=1S/C31H29ClN2O5S/c1-5-38-31(37)27-26(21-9-7-6-8-10-21)20(4)40-30(27)34-29(36)22-12-15-24(16-13-22)39-19(3)28(35)33-25-17-23(32)14-11-18(25)2/h6-17,19H,5H2,1-4H3,(H,33,35)(H,34,36)/t19-/m0/s1. The Morgan fingerprint density at radius 3 is 2.33 bits per heavy atom. The molecule has 0 unspecified atom stereocenters. The number of halogens is 1. The normalized spacial score (nSPS) is 11.4. The molecule has 1 atom stereocenters. The van der Waals surface area contributed by atoms with Crippen molar-refractivity contribution in [3.8, 4) is 16.9 Å². The van der Waals surface area contributed by atoms with Crippen LogP contribution in [0.1, 0.15) is 45.0 Å². The van der Waals surface area contributed by atoms with Crippen LogP contribution in [0.2, 0.25) is 5.02 Å². The third kappa shape index (κ3) is 6.70. The fourth-order valence-corrected chi connectivity index (χ4v) is 5.30. The van der Waals surface area contributed by atoms with Gasteiger partial charge in [0, 0.05) is 26.7 Å². The topological polar surface area (TPSA) is 93.7 Å². The highest BCUT2D eigenvalue weighted by Crippen LogP contribution is 2.40. The molecule has 7 nitrogen and oxygen atoms in total. The zero-order valence-electron chi connectivity index (χ0n) is 22.5. The average Bonchev–Trinajstić information content (AvgIpc) is 3.26. The van der Waals surface area contributed by atoms with Crippen molar-refractivity contribution in [2.75, 3.05) is 17.2 Å². The van der Waals surface area contributed by atoms with E-state index in [1.165, 1.54) is 11.3 Å². The molecule has 40 heavy (non-hydrogen) atoms. The van der Waals surface area contributed by atoms with E-state index in [0.717, 1.165) is 21.6 Å². The van der Waals surface area contributed by atoms with Gasteiger partial charge < -0.3 is 20.1 Å². The minimum absolute atomic E-state index is 0.214. The van der Waals surface area contributed by atoms with Gasteiger partial charge in [0.25, 0.3) is 11.8 Å². The molecule has 0 bridgehead atoms. The summed E-state index contributed by atoms with van der Waals surface area (Å²) in [6, 6.07) is 21.2. The number of ether oxygens (including phenoxy) is 2. The number of aryl methyl sites for hydroxylation is 2. The number of esters is 1. The Morgan fingerprint density at radius 2 is 1.65 bits per heavy atom. The molecule has 206 valence electrons. The second-order valence-electron chi connectivity index (χ2n) is 9.01. The molecule has 2 amide bonds. The zero-order valence-corrected chi connectivity index (χ0v) is 24.1. The van der Waals surface area contributed by atoms with Gasteiger partial charge in [-0.05, 0) is 75.2 Å². The first-order chi connectivity index (χ1) is 19.2. The molecule has 0 spiro atoms. The third-order valence-corrected chi connectivity index (χ3v) is 7.37. The summed E-state index contributed by atoms with van der Waals surface area (Å²) in [5, 5.41) is 6.63. The van der Waals surface area contributed by atoms with Gasteiger partial charge in [0.1, 0.15) is 16.3 Å². The summed E-state index contributed by atoms with van der Waals surface area (Å²) in [5.41, 5.74) is 3.79. The number of rotatable bonds is 9. The molecule has 0 saturated carbocycles. The number of carbonyl (C=O) groups excluding carboxylic acids is 3. The third-order valence-electron chi connectivity index (χ3n) is 6.11. The first-order valence-corrected chi connectivity index (χ1v) is 13.9. The van der Waals surface area contributed by atoms with Gasteiger partial charge in [-0.15, -0.1) is 11.3 Å². The maximum Gasteiger partial charge on any atom is 0.341 e. The monoisotopic (exact) mass is 576 g/mol. The van der Waals surface area contributed by atoms with Crippen molar-refractivity contribution in [2.24, 2.45) is 0 Å². The van der Waals surface area contributed by atoms with E-state index in [4.69, 9.17) is 21.1 Å². The first-order valence-electron chi connectivity index (χ1n) is 12.7. The first kappa shape index (κ1) is 28.9. The van der Waals surface area contributed by atoms with E-state index in [9.17, 15) is 14.4 Å². The number of benzene rings is 3. The van der Waals surface area contributed by atoms with Gasteiger partial charge in [-0.2, -0.15) is 0 Å². The number of nitrogens with one attached hydrogen (secondary N) is 2. The Bertz CT molecular complexity index is 1530. The molecule has 0 aliphatic heterocycles. The quantitative estimate of drug-likeness (QED) is 0.201. The minimum atomic E-state index is -0.796. The summed E-state index contributed by atoms with van der Waals surface area (Å²) in [4.78, 5) is 39.6. The van der Waals surface area contributed by atoms with Crippen LogP contribution in [0.15, 0.2) is 72.8 Å². The van der Waals surface area contributed by atoms with Gasteiger partial charge >= 0.3 is 5.97 Å². The SMILES string of the molecule is CCOC(=O)c1c(NC(=O)c2ccc(O[C@@H](C)C(=O)Nc3cc(Cl)ccc3C)cc2)sc(C)c1-c1ccccc1. The molecule has 1 heterocycles. The Hall–Kier alpha value is -4.14. The Balaban J connectivity index is 1.47. The van der Waals surface area contributed by atoms with E-state index >= 15 is 0 Å². The summed E-state index contributed by atoms with van der Waals surface area (Å²) < 4.78 is 11.1. The van der Waals surface area contributed by atoms with Crippen molar-refractivity contribution in [3.63, 3.8) is 0 Å². The van der Waals surface area contributed by atoms with Crippen molar-refractivity contribution in [1.82, 2.24) is 0 Å². The predicted octanol–water partition coefficient (Wildman–Crippen LogP) is 7.52. The summed E-state index contributed by atoms with van der Waals surface area (Å²) in [6.45, 7) is 7.37. The van der Waals surface area contributed by atoms with Crippen molar-refractivity contribution >= 4 is 51.4 Å². The average molecular weight is 577 g/mol. The van der Waals surface area contributed by atoms with E-state index in [2.05, 4.69) is 10.6 Å². The van der Waals surface area contributed by atoms with Crippen LogP contribution < -0.4 is 15.4 Å². The molecule has 3 aromatic carbocycles. The number of anilines is 2. The van der Waals surface area contributed by atoms with E-state index in [-0.39, 0.29) is 18.4 Å². The van der Waals surface area contributed by atoms with Crippen molar-refractivity contribution < 1.29 is 23.9 Å². The van der Waals surface area contributed by atoms with Gasteiger partial charge in [0.2, 0.25) is 0 Å². The maximum absolute atomic E-state index is 13.1. The molecule has 4 rings (SSSR count). The second kappa shape index (κ2) is 12.8. The van der Waals surface area contributed by atoms with Crippen LogP contribution in [-0.2, 0) is 9.53 Å². The van der Waals surface area contributed by atoms with Crippen LogP contribution in [0.4, 0.5) is 10.7 Å². The number of carbonyl (C=O) groups is 3. The summed E-state index contributed by atoms with van der Waals surface area (Å²) >= 11 is 7.36. The van der Waals surface area contributed by atoms with Crippen molar-refractivity contribution in [1.29, 1.82) is 0 Å². The molecule has 0 saturated heterocycles. The van der Waals surface area contributed by atoms with Crippen LogP contribution >= 0.6 is 22.9 Å². The lowest BCUT2D eigenvalue weighted by Crippen LogP contribution is -2.30. The minimum Gasteiger partial charge on any atom is -0.481 e. The molecule has 1 aromatic heterocycles. The summed E-state index contributed by atoms with van der Waals surface area (Å²) in [5.74, 6) is -0.793.